The van der Waals surface area contributed by atoms with Crippen LogP contribution in [-0.4, -0.2) is 24.9 Å². The van der Waals surface area contributed by atoms with Gasteiger partial charge in [0.05, 0.1) is 0 Å². The Balaban J connectivity index is 1.85. The fraction of sp³-hybridized carbons (Fsp3) is 0.263. The second-order valence-electron chi connectivity index (χ2n) is 5.32. The molecule has 0 unspecified atom stereocenters. The predicted octanol–water partition coefficient (Wildman–Crippen LogP) is 3.17. The first-order chi connectivity index (χ1) is 11.2. The fourth-order valence-electron chi connectivity index (χ4n) is 2.20. The Hall–Kier alpha value is -2.62. The van der Waals surface area contributed by atoms with Gasteiger partial charge in [-0.15, -0.1) is 0 Å². The molecule has 0 spiro atoms. The number of hydrogen-bond acceptors (Lipinski definition) is 2. The Morgan fingerprint density at radius 1 is 0.826 bits per heavy atom. The molecule has 2 amide bonds. The third-order valence-electron chi connectivity index (χ3n) is 3.49. The number of carbonyl (C=O) groups is 2. The maximum absolute atomic E-state index is 12.3. The smallest absolute Gasteiger partial charge is 0.314 e. The first-order valence-corrected chi connectivity index (χ1v) is 7.91. The quantitative estimate of drug-likeness (QED) is 0.772. The number of amides is 2. The van der Waals surface area contributed by atoms with Crippen molar-refractivity contribution in [3.63, 3.8) is 0 Å². The minimum absolute atomic E-state index is 0.0224. The highest BCUT2D eigenvalue weighted by molar-refractivity contribution is 6.08. The van der Waals surface area contributed by atoms with Crippen LogP contribution in [0, 0.1) is 0 Å². The first kappa shape index (κ1) is 16.7. The lowest BCUT2D eigenvalue weighted by Gasteiger charge is -2.07. The molecule has 2 N–H and O–H groups in total. The summed E-state index contributed by atoms with van der Waals surface area (Å²) in [7, 11) is 0. The lowest BCUT2D eigenvalue weighted by atomic mass is 10.0. The summed E-state index contributed by atoms with van der Waals surface area (Å²) in [6.45, 7) is 3.27. The van der Waals surface area contributed by atoms with E-state index >= 15 is 0 Å². The molecule has 0 aliphatic carbocycles. The van der Waals surface area contributed by atoms with E-state index in [0.29, 0.717) is 24.2 Å². The van der Waals surface area contributed by atoms with Crippen molar-refractivity contribution in [2.45, 2.75) is 19.8 Å². The highest BCUT2D eigenvalue weighted by Gasteiger charge is 2.08. The van der Waals surface area contributed by atoms with Crippen molar-refractivity contribution in [1.29, 1.82) is 0 Å². The lowest BCUT2D eigenvalue weighted by molar-refractivity contribution is 0.103. The Morgan fingerprint density at radius 3 is 2.09 bits per heavy atom. The Bertz CT molecular complexity index is 636. The van der Waals surface area contributed by atoms with E-state index in [1.807, 2.05) is 61.5 Å². The van der Waals surface area contributed by atoms with Gasteiger partial charge in [0.15, 0.2) is 5.78 Å². The largest absolute Gasteiger partial charge is 0.338 e. The molecule has 120 valence electrons. The van der Waals surface area contributed by atoms with Crippen molar-refractivity contribution in [3.05, 3.63) is 71.3 Å². The van der Waals surface area contributed by atoms with Crippen LogP contribution < -0.4 is 10.6 Å². The number of hydrogen-bond donors (Lipinski definition) is 2. The zero-order valence-corrected chi connectivity index (χ0v) is 13.3. The molecule has 0 fully saturated rings. The Labute approximate surface area is 136 Å². The molecule has 2 aromatic carbocycles. The van der Waals surface area contributed by atoms with Crippen LogP contribution in [0.3, 0.4) is 0 Å². The maximum atomic E-state index is 12.3. The summed E-state index contributed by atoms with van der Waals surface area (Å²) in [5.41, 5.74) is 2.45. The second-order valence-corrected chi connectivity index (χ2v) is 5.32. The molecule has 4 nitrogen and oxygen atoms in total. The first-order valence-electron chi connectivity index (χ1n) is 7.91. The molecular formula is C19H22N2O2. The van der Waals surface area contributed by atoms with Gasteiger partial charge in [0.25, 0.3) is 0 Å². The van der Waals surface area contributed by atoms with Crippen LogP contribution in [-0.2, 0) is 6.42 Å². The number of carbonyl (C=O) groups excluding carboxylic acids is 2. The normalized spacial score (nSPS) is 10.1. The van der Waals surface area contributed by atoms with Crippen LogP contribution in [0.4, 0.5) is 4.79 Å². The number of rotatable bonds is 7. The van der Waals surface area contributed by atoms with Gasteiger partial charge in [-0.1, -0.05) is 61.5 Å². The number of nitrogens with one attached hydrogen (secondary N) is 2. The van der Waals surface area contributed by atoms with E-state index in [2.05, 4.69) is 10.6 Å². The minimum atomic E-state index is -0.136. The summed E-state index contributed by atoms with van der Waals surface area (Å²) in [5, 5.41) is 5.58. The van der Waals surface area contributed by atoms with Gasteiger partial charge in [0.1, 0.15) is 0 Å². The van der Waals surface area contributed by atoms with Gasteiger partial charge in [0, 0.05) is 24.2 Å². The topological polar surface area (TPSA) is 58.2 Å². The monoisotopic (exact) mass is 310 g/mol. The molecule has 23 heavy (non-hydrogen) atoms. The average molecular weight is 310 g/mol. The summed E-state index contributed by atoms with van der Waals surface area (Å²) < 4.78 is 0. The highest BCUT2D eigenvalue weighted by atomic mass is 16.2. The molecule has 0 aliphatic rings. The van der Waals surface area contributed by atoms with Crippen molar-refractivity contribution in [3.8, 4) is 0 Å². The average Bonchev–Trinajstić information content (AvgIpc) is 2.60. The molecule has 0 aromatic heterocycles. The summed E-state index contributed by atoms with van der Waals surface area (Å²) in [5.74, 6) is 0.0224. The van der Waals surface area contributed by atoms with Crippen molar-refractivity contribution >= 4 is 11.8 Å². The lowest BCUT2D eigenvalue weighted by Crippen LogP contribution is -2.36. The van der Waals surface area contributed by atoms with E-state index < -0.39 is 0 Å². The summed E-state index contributed by atoms with van der Waals surface area (Å²) in [6.07, 6.45) is 1.66. The van der Waals surface area contributed by atoms with Crippen LogP contribution in [0.15, 0.2) is 54.6 Å². The zero-order valence-electron chi connectivity index (χ0n) is 13.3. The number of urea groups is 1. The van der Waals surface area contributed by atoms with E-state index in [-0.39, 0.29) is 11.8 Å². The predicted molar refractivity (Wildman–Crippen MR) is 91.7 cm³/mol. The molecule has 2 rings (SSSR count). The van der Waals surface area contributed by atoms with Crippen molar-refractivity contribution in [2.75, 3.05) is 13.1 Å². The molecule has 0 bridgehead atoms. The van der Waals surface area contributed by atoms with Gasteiger partial charge < -0.3 is 10.6 Å². The van der Waals surface area contributed by atoms with Gasteiger partial charge >= 0.3 is 6.03 Å². The second kappa shape index (κ2) is 8.73. The molecular weight excluding hydrogens is 288 g/mol. The van der Waals surface area contributed by atoms with Crippen LogP contribution in [0.25, 0.3) is 0 Å². The summed E-state index contributed by atoms with van der Waals surface area (Å²) in [4.78, 5) is 23.7. The zero-order chi connectivity index (χ0) is 16.5. The van der Waals surface area contributed by atoms with Gasteiger partial charge in [-0.05, 0) is 18.4 Å². The van der Waals surface area contributed by atoms with E-state index in [1.54, 1.807) is 0 Å². The summed E-state index contributed by atoms with van der Waals surface area (Å²) in [6, 6.07) is 16.6. The van der Waals surface area contributed by atoms with E-state index in [1.165, 1.54) is 0 Å². The number of benzene rings is 2. The molecule has 0 heterocycles. The van der Waals surface area contributed by atoms with E-state index in [0.717, 1.165) is 18.4 Å². The van der Waals surface area contributed by atoms with Crippen molar-refractivity contribution in [1.82, 2.24) is 10.6 Å². The molecule has 2 aromatic rings. The number of ketones is 1. The van der Waals surface area contributed by atoms with Gasteiger partial charge in [-0.3, -0.25) is 4.79 Å². The molecule has 0 saturated carbocycles. The molecule has 0 aliphatic heterocycles. The maximum Gasteiger partial charge on any atom is 0.314 e. The van der Waals surface area contributed by atoms with Gasteiger partial charge in [0.2, 0.25) is 0 Å². The van der Waals surface area contributed by atoms with Gasteiger partial charge in [-0.2, -0.15) is 0 Å². The molecule has 4 heteroatoms. The van der Waals surface area contributed by atoms with Crippen LogP contribution >= 0.6 is 0 Å². The summed E-state index contributed by atoms with van der Waals surface area (Å²) >= 11 is 0. The van der Waals surface area contributed by atoms with E-state index in [4.69, 9.17) is 0 Å². The third-order valence-corrected chi connectivity index (χ3v) is 3.49. The van der Waals surface area contributed by atoms with Gasteiger partial charge in [-0.25, -0.2) is 4.79 Å². The fourth-order valence-corrected chi connectivity index (χ4v) is 2.20. The standard InChI is InChI=1S/C19H22N2O2/c1-2-13-20-19(23)21-14-12-15-8-10-17(11-9-15)18(22)16-6-4-3-5-7-16/h3-11H,2,12-14H2,1H3,(H2,20,21,23). The van der Waals surface area contributed by atoms with Crippen molar-refractivity contribution in [2.24, 2.45) is 0 Å². The van der Waals surface area contributed by atoms with Crippen LogP contribution in [0.2, 0.25) is 0 Å². The molecule has 0 atom stereocenters. The Morgan fingerprint density at radius 2 is 1.43 bits per heavy atom. The van der Waals surface area contributed by atoms with Crippen LogP contribution in [0.5, 0.6) is 0 Å². The Kier molecular flexibility index (Phi) is 6.36. The highest BCUT2D eigenvalue weighted by Crippen LogP contribution is 2.11. The molecule has 0 radical (unpaired) electrons. The minimum Gasteiger partial charge on any atom is -0.338 e. The third kappa shape index (κ3) is 5.25. The van der Waals surface area contributed by atoms with Crippen LogP contribution in [0.1, 0.15) is 34.8 Å². The van der Waals surface area contributed by atoms with E-state index in [9.17, 15) is 9.59 Å². The SMILES string of the molecule is CCCNC(=O)NCCc1ccc(C(=O)c2ccccc2)cc1. The van der Waals surface area contributed by atoms with Crippen molar-refractivity contribution < 1.29 is 9.59 Å². The molecule has 0 saturated heterocycles.